The molecule has 2 amide bonds. The van der Waals surface area contributed by atoms with Crippen LogP contribution >= 0.6 is 0 Å². The van der Waals surface area contributed by atoms with Crippen molar-refractivity contribution in [1.82, 2.24) is 5.32 Å². The van der Waals surface area contributed by atoms with Gasteiger partial charge in [0.2, 0.25) is 0 Å². The van der Waals surface area contributed by atoms with Crippen LogP contribution in [0.2, 0.25) is 36.3 Å². The van der Waals surface area contributed by atoms with E-state index in [0.29, 0.717) is 19.3 Å². The number of rotatable bonds is 20. The van der Waals surface area contributed by atoms with Gasteiger partial charge in [-0.1, -0.05) is 126 Å². The highest BCUT2D eigenvalue weighted by Crippen LogP contribution is 2.40. The van der Waals surface area contributed by atoms with Crippen LogP contribution in [0.15, 0.2) is 97.1 Å². The first kappa shape index (κ1) is 54.1. The number of carbonyl (C=O) groups is 3. The number of carbonyl (C=O) groups excluding carboxylic acids is 3. The van der Waals surface area contributed by atoms with Crippen LogP contribution in [-0.2, 0) is 47.2 Å². The largest absolute Gasteiger partial charge is 0.488 e. The quantitative estimate of drug-likeness (QED) is 0.0650. The molecule has 0 heterocycles. The van der Waals surface area contributed by atoms with Crippen molar-refractivity contribution < 1.29 is 37.4 Å². The molecule has 0 spiro atoms. The van der Waals surface area contributed by atoms with E-state index in [2.05, 4.69) is 73.0 Å². The summed E-state index contributed by atoms with van der Waals surface area (Å²) in [6.45, 7) is 33.3. The van der Waals surface area contributed by atoms with Gasteiger partial charge in [-0.05, 0) is 126 Å². The smallest absolute Gasteiger partial charge is 0.407 e. The summed E-state index contributed by atoms with van der Waals surface area (Å²) in [5, 5.41) is 2.85. The fourth-order valence-electron chi connectivity index (χ4n) is 6.46. The molecule has 12 heteroatoms. The minimum Gasteiger partial charge on any atom is -0.488 e. The van der Waals surface area contributed by atoms with Gasteiger partial charge in [-0.2, -0.15) is 0 Å². The average molecular weight is 917 g/mol. The van der Waals surface area contributed by atoms with E-state index in [9.17, 15) is 14.4 Å². The number of alkyl carbamates (subject to hydrolysis) is 1. The molecular formula is C52H80N2O8Si2. The molecule has 10 nitrogen and oxygen atoms in total. The Morgan fingerprint density at radius 1 is 0.641 bits per heavy atom. The van der Waals surface area contributed by atoms with Crippen molar-refractivity contribution in [1.29, 1.82) is 0 Å². The topological polar surface area (TPSA) is 135 Å². The third-order valence-corrected chi connectivity index (χ3v) is 21.0. The molecule has 3 aromatic carbocycles. The summed E-state index contributed by atoms with van der Waals surface area (Å²) in [6, 6.07) is 26.6. The number of amides is 2. The molecule has 0 aromatic heterocycles. The maximum atomic E-state index is 14.7. The van der Waals surface area contributed by atoms with Gasteiger partial charge in [-0.3, -0.25) is 9.59 Å². The van der Waals surface area contributed by atoms with Gasteiger partial charge >= 0.3 is 12.1 Å². The molecule has 0 bridgehead atoms. The summed E-state index contributed by atoms with van der Waals surface area (Å²) in [7, 11) is -5.02. The van der Waals surface area contributed by atoms with Gasteiger partial charge in [0.25, 0.3) is 5.91 Å². The molecule has 3 N–H and O–H groups in total. The van der Waals surface area contributed by atoms with E-state index in [0.717, 1.165) is 22.4 Å². The predicted molar refractivity (Wildman–Crippen MR) is 264 cm³/mol. The van der Waals surface area contributed by atoms with Crippen molar-refractivity contribution in [2.45, 2.75) is 181 Å². The van der Waals surface area contributed by atoms with E-state index in [1.807, 2.05) is 139 Å². The fourth-order valence-corrected chi connectivity index (χ4v) is 9.11. The number of primary amides is 1. The molecule has 0 aliphatic rings. The van der Waals surface area contributed by atoms with Crippen molar-refractivity contribution in [3.05, 3.63) is 114 Å². The average Bonchev–Trinajstić information content (AvgIpc) is 3.15. The van der Waals surface area contributed by atoms with E-state index in [4.69, 9.17) is 28.8 Å². The van der Waals surface area contributed by atoms with Gasteiger partial charge in [0.15, 0.2) is 22.7 Å². The third kappa shape index (κ3) is 18.0. The van der Waals surface area contributed by atoms with Gasteiger partial charge < -0.3 is 34.1 Å². The van der Waals surface area contributed by atoms with E-state index in [1.54, 1.807) is 0 Å². The van der Waals surface area contributed by atoms with Crippen molar-refractivity contribution in [3.8, 4) is 5.75 Å². The molecule has 354 valence electrons. The maximum Gasteiger partial charge on any atom is 0.407 e. The Hall–Kier alpha value is -4.24. The lowest BCUT2D eigenvalue weighted by atomic mass is 9.92. The molecular weight excluding hydrogens is 837 g/mol. The predicted octanol–water partition coefficient (Wildman–Crippen LogP) is 11.5. The Morgan fingerprint density at radius 3 is 1.59 bits per heavy atom. The van der Waals surface area contributed by atoms with Gasteiger partial charge in [0.05, 0.1) is 24.2 Å². The van der Waals surface area contributed by atoms with Gasteiger partial charge in [-0.25, -0.2) is 4.79 Å². The van der Waals surface area contributed by atoms with Crippen LogP contribution in [0.1, 0.15) is 106 Å². The first-order chi connectivity index (χ1) is 29.4. The second-order valence-electron chi connectivity index (χ2n) is 22.1. The summed E-state index contributed by atoms with van der Waals surface area (Å²) >= 11 is 0. The number of nitrogens with two attached hydrogens (primary N) is 1. The summed E-state index contributed by atoms with van der Waals surface area (Å²) < 4.78 is 32.5. The lowest BCUT2D eigenvalue weighted by Crippen LogP contribution is -2.53. The molecule has 0 aliphatic heterocycles. The van der Waals surface area contributed by atoms with Gasteiger partial charge in [-0.15, -0.1) is 0 Å². The van der Waals surface area contributed by atoms with Crippen LogP contribution < -0.4 is 15.8 Å². The van der Waals surface area contributed by atoms with Crippen LogP contribution in [-0.4, -0.2) is 70.2 Å². The fraction of sp³-hybridized carbons (Fsp3) is 0.558. The minimum atomic E-state index is -2.55. The Bertz CT molecular complexity index is 1960. The summed E-state index contributed by atoms with van der Waals surface area (Å²) in [5.41, 5.74) is 7.54. The standard InChI is InChI=1S/C52H80N2O8Si2/c1-49(2,3)59-40-32-30-39(31-33-40)35-42(54-48(57)60-50(4,5)6)44(62-64(15,16)52(10,11)12)29-23-28-43(61-63(13,14)51(7,8)9)41(34-37-24-19-17-20-25-37)47(56)58-45(46(53)55)36-38-26-21-18-22-27-38/h17-28,30-33,41-45H,29,34-36H2,1-16H3,(H2,53,55)(H,54,57)/t41-,42+,43+,44+,45+/m1/s1. The molecule has 0 saturated heterocycles. The maximum absolute atomic E-state index is 14.7. The zero-order valence-corrected chi connectivity index (χ0v) is 43.8. The SMILES string of the molecule is CC(C)(C)OC(=O)N[C@@H](Cc1ccc(OC(C)(C)C)cc1)[C@H](CC=C[C@H](O[Si](C)(C)C(C)(C)C)[C@@H](Cc1ccccc1)C(=O)O[C@@H](Cc1ccccc1)C(N)=O)O[Si](C)(C)C(C)(C)C. The summed E-state index contributed by atoms with van der Waals surface area (Å²) in [5.74, 6) is -1.38. The van der Waals surface area contributed by atoms with Crippen molar-refractivity contribution in [2.24, 2.45) is 11.7 Å². The molecule has 0 radical (unpaired) electrons. The van der Waals surface area contributed by atoms with E-state index in [1.165, 1.54) is 0 Å². The van der Waals surface area contributed by atoms with Crippen LogP contribution in [0.25, 0.3) is 0 Å². The number of hydrogen-bond donors (Lipinski definition) is 2. The lowest BCUT2D eigenvalue weighted by molar-refractivity contribution is -0.161. The Morgan fingerprint density at radius 2 is 1.12 bits per heavy atom. The lowest BCUT2D eigenvalue weighted by Gasteiger charge is -2.42. The highest BCUT2D eigenvalue weighted by atomic mass is 28.4. The number of esters is 1. The van der Waals surface area contributed by atoms with Crippen LogP contribution in [0.4, 0.5) is 4.79 Å². The second kappa shape index (κ2) is 22.3. The van der Waals surface area contributed by atoms with E-state index >= 15 is 0 Å². The number of nitrogens with one attached hydrogen (secondary N) is 1. The highest BCUT2D eigenvalue weighted by molar-refractivity contribution is 6.74. The monoisotopic (exact) mass is 917 g/mol. The minimum absolute atomic E-state index is 0.146. The molecule has 0 unspecified atom stereocenters. The van der Waals surface area contributed by atoms with E-state index in [-0.39, 0.29) is 22.1 Å². The summed E-state index contributed by atoms with van der Waals surface area (Å²) in [4.78, 5) is 41.1. The molecule has 0 saturated carbocycles. The second-order valence-corrected chi connectivity index (χ2v) is 31.6. The van der Waals surface area contributed by atoms with Crippen molar-refractivity contribution in [2.75, 3.05) is 0 Å². The van der Waals surface area contributed by atoms with E-state index < -0.39 is 70.5 Å². The molecule has 3 rings (SSSR count). The Kier molecular flexibility index (Phi) is 18.9. The Labute approximate surface area is 387 Å². The van der Waals surface area contributed by atoms with Gasteiger partial charge in [0.1, 0.15) is 17.0 Å². The number of hydrogen-bond acceptors (Lipinski definition) is 8. The molecule has 0 aliphatic carbocycles. The molecule has 0 fully saturated rings. The Balaban J connectivity index is 2.18. The zero-order valence-electron chi connectivity index (χ0n) is 41.8. The summed E-state index contributed by atoms with van der Waals surface area (Å²) in [6.07, 6.45) is 2.26. The van der Waals surface area contributed by atoms with Gasteiger partial charge in [0, 0.05) is 6.42 Å². The molecule has 5 atom stereocenters. The first-order valence-corrected chi connectivity index (χ1v) is 28.5. The number of benzene rings is 3. The normalized spacial score (nSPS) is 15.4. The van der Waals surface area contributed by atoms with Crippen molar-refractivity contribution >= 4 is 34.6 Å². The van der Waals surface area contributed by atoms with Crippen molar-refractivity contribution in [3.63, 3.8) is 0 Å². The third-order valence-electron chi connectivity index (χ3n) is 12.0. The van der Waals surface area contributed by atoms with Crippen LogP contribution in [0, 0.1) is 5.92 Å². The highest BCUT2D eigenvalue weighted by Gasteiger charge is 2.44. The van der Waals surface area contributed by atoms with Crippen LogP contribution in [0.3, 0.4) is 0 Å². The molecule has 3 aromatic rings. The number of ether oxygens (including phenoxy) is 3. The van der Waals surface area contributed by atoms with Crippen LogP contribution in [0.5, 0.6) is 5.75 Å². The zero-order chi connectivity index (χ0) is 48.3. The first-order valence-electron chi connectivity index (χ1n) is 22.7. The molecule has 64 heavy (non-hydrogen) atoms.